The summed E-state index contributed by atoms with van der Waals surface area (Å²) >= 11 is 0. The van der Waals surface area contributed by atoms with Gasteiger partial charge < -0.3 is 9.64 Å². The van der Waals surface area contributed by atoms with E-state index in [4.69, 9.17) is 14.7 Å². The Labute approximate surface area is 225 Å². The standard InChI is InChI=1S/C31H48N4O2/c1-8-14-17-25(15-9-2)23-37-31-33-28(12-5)27(16-10-3)30(34-31)35(22-24(7)18-20-32)21-19-26(11-4)29(36)13-6/h9,11,13,24-26H,2,4,6,8,10,12,14-19,21-23H2,1,3,5,7H3/t24?,25-,26?/m0/s1. The van der Waals surface area contributed by atoms with Crippen LogP contribution in [0.15, 0.2) is 38.0 Å². The SMILES string of the molecule is C=CC[C@@H](CCCC)COc1nc(CC)c(CCC)c(N(CCC(C=C)C(=O)C=C)CC(C)CC#N)n1. The highest BCUT2D eigenvalue weighted by atomic mass is 16.5. The van der Waals surface area contributed by atoms with Crippen molar-refractivity contribution in [3.05, 3.63) is 49.2 Å². The summed E-state index contributed by atoms with van der Waals surface area (Å²) in [6, 6.07) is 2.69. The van der Waals surface area contributed by atoms with Crippen molar-refractivity contribution in [3.8, 4) is 12.1 Å². The number of aromatic nitrogens is 2. The minimum atomic E-state index is -0.303. The van der Waals surface area contributed by atoms with E-state index in [-0.39, 0.29) is 17.6 Å². The van der Waals surface area contributed by atoms with E-state index in [9.17, 15) is 10.1 Å². The fourth-order valence-corrected chi connectivity index (χ4v) is 4.51. The molecule has 6 heteroatoms. The summed E-state index contributed by atoms with van der Waals surface area (Å²) in [5, 5.41) is 9.28. The van der Waals surface area contributed by atoms with Crippen molar-refractivity contribution in [2.75, 3.05) is 24.6 Å². The quantitative estimate of drug-likeness (QED) is 0.131. The van der Waals surface area contributed by atoms with Gasteiger partial charge in [0.1, 0.15) is 5.82 Å². The Morgan fingerprint density at radius 3 is 2.49 bits per heavy atom. The first kappa shape index (κ1) is 32.1. The van der Waals surface area contributed by atoms with E-state index in [2.05, 4.69) is 58.4 Å². The van der Waals surface area contributed by atoms with E-state index in [0.717, 1.165) is 62.0 Å². The molecule has 0 saturated heterocycles. The summed E-state index contributed by atoms with van der Waals surface area (Å²) in [5.74, 6) is 1.05. The van der Waals surface area contributed by atoms with Crippen LogP contribution in [0.25, 0.3) is 0 Å². The third-order valence-corrected chi connectivity index (χ3v) is 6.63. The Bertz CT molecular complexity index is 905. The number of hydrogen-bond acceptors (Lipinski definition) is 6. The number of carbonyl (C=O) groups is 1. The normalized spacial score (nSPS) is 13.2. The number of rotatable bonds is 21. The zero-order valence-electron chi connectivity index (χ0n) is 23.7. The molecule has 1 aromatic heterocycles. The molecular formula is C31H48N4O2. The molecule has 0 aliphatic heterocycles. The lowest BCUT2D eigenvalue weighted by Gasteiger charge is -2.30. The number of allylic oxidation sites excluding steroid dienone is 3. The molecule has 0 N–H and O–H groups in total. The first-order valence-corrected chi connectivity index (χ1v) is 13.9. The molecule has 0 spiro atoms. The molecule has 37 heavy (non-hydrogen) atoms. The summed E-state index contributed by atoms with van der Waals surface area (Å²) in [5.41, 5.74) is 2.12. The average Bonchev–Trinajstić information content (AvgIpc) is 2.90. The van der Waals surface area contributed by atoms with Crippen LogP contribution in [0.5, 0.6) is 6.01 Å². The van der Waals surface area contributed by atoms with Gasteiger partial charge >= 0.3 is 6.01 Å². The van der Waals surface area contributed by atoms with Gasteiger partial charge in [-0.25, -0.2) is 0 Å². The molecule has 1 aromatic rings. The van der Waals surface area contributed by atoms with E-state index >= 15 is 0 Å². The number of carbonyl (C=O) groups excluding carboxylic acids is 1. The number of hydrogen-bond donors (Lipinski definition) is 0. The first-order chi connectivity index (χ1) is 17.9. The molecule has 0 radical (unpaired) electrons. The Morgan fingerprint density at radius 1 is 1.16 bits per heavy atom. The maximum absolute atomic E-state index is 12.3. The summed E-state index contributed by atoms with van der Waals surface area (Å²) in [6.45, 7) is 21.8. The minimum Gasteiger partial charge on any atom is -0.463 e. The van der Waals surface area contributed by atoms with Gasteiger partial charge in [0.25, 0.3) is 0 Å². The van der Waals surface area contributed by atoms with Crippen LogP contribution in [0.4, 0.5) is 5.82 Å². The van der Waals surface area contributed by atoms with E-state index in [0.29, 0.717) is 44.5 Å². The highest BCUT2D eigenvalue weighted by molar-refractivity contribution is 5.92. The fourth-order valence-electron chi connectivity index (χ4n) is 4.51. The zero-order valence-corrected chi connectivity index (χ0v) is 23.7. The molecule has 2 unspecified atom stereocenters. The summed E-state index contributed by atoms with van der Waals surface area (Å²) < 4.78 is 6.21. The van der Waals surface area contributed by atoms with Gasteiger partial charge in [-0.15, -0.1) is 13.2 Å². The van der Waals surface area contributed by atoms with Gasteiger partial charge in [-0.2, -0.15) is 15.2 Å². The van der Waals surface area contributed by atoms with E-state index < -0.39 is 0 Å². The third-order valence-electron chi connectivity index (χ3n) is 6.63. The minimum absolute atomic E-state index is 0.0323. The van der Waals surface area contributed by atoms with Crippen LogP contribution in [0.3, 0.4) is 0 Å². The van der Waals surface area contributed by atoms with E-state index in [1.54, 1.807) is 6.08 Å². The van der Waals surface area contributed by atoms with Crippen LogP contribution in [-0.4, -0.2) is 35.4 Å². The Hall–Kier alpha value is -2.94. The van der Waals surface area contributed by atoms with Crippen LogP contribution in [0.1, 0.15) is 83.9 Å². The molecule has 0 aliphatic rings. The maximum Gasteiger partial charge on any atom is 0.318 e. The second kappa shape index (κ2) is 18.3. The second-order valence-corrected chi connectivity index (χ2v) is 9.85. The lowest BCUT2D eigenvalue weighted by molar-refractivity contribution is -0.117. The van der Waals surface area contributed by atoms with Crippen molar-refractivity contribution in [2.45, 2.75) is 85.5 Å². The number of ketones is 1. The van der Waals surface area contributed by atoms with Crippen LogP contribution in [0.2, 0.25) is 0 Å². The molecule has 0 bridgehead atoms. The van der Waals surface area contributed by atoms with E-state index in [1.807, 2.05) is 6.08 Å². The van der Waals surface area contributed by atoms with Crippen LogP contribution in [-0.2, 0) is 17.6 Å². The molecule has 0 aromatic carbocycles. The van der Waals surface area contributed by atoms with Gasteiger partial charge in [0.2, 0.25) is 0 Å². The summed E-state index contributed by atoms with van der Waals surface area (Å²) in [6.07, 6.45) is 12.9. The number of aryl methyl sites for hydroxylation is 1. The van der Waals surface area contributed by atoms with Crippen molar-refractivity contribution >= 4 is 11.6 Å². The molecule has 3 atom stereocenters. The van der Waals surface area contributed by atoms with Crippen molar-refractivity contribution in [1.82, 2.24) is 9.97 Å². The summed E-state index contributed by atoms with van der Waals surface area (Å²) in [7, 11) is 0. The smallest absolute Gasteiger partial charge is 0.318 e. The monoisotopic (exact) mass is 508 g/mol. The third kappa shape index (κ3) is 10.9. The van der Waals surface area contributed by atoms with Crippen LogP contribution < -0.4 is 9.64 Å². The Balaban J connectivity index is 3.42. The average molecular weight is 509 g/mol. The molecule has 1 heterocycles. The zero-order chi connectivity index (χ0) is 27.6. The van der Waals surface area contributed by atoms with Crippen LogP contribution in [0, 0.1) is 29.1 Å². The second-order valence-electron chi connectivity index (χ2n) is 9.85. The molecule has 0 aliphatic carbocycles. The number of nitrogens with zero attached hydrogens (tertiary/aromatic N) is 4. The first-order valence-electron chi connectivity index (χ1n) is 13.9. The highest BCUT2D eigenvalue weighted by Crippen LogP contribution is 2.28. The van der Waals surface area contributed by atoms with Gasteiger partial charge in [0, 0.05) is 31.0 Å². The van der Waals surface area contributed by atoms with Gasteiger partial charge in [0.05, 0.1) is 18.4 Å². The van der Waals surface area contributed by atoms with Crippen molar-refractivity contribution in [3.63, 3.8) is 0 Å². The number of ether oxygens (including phenoxy) is 1. The van der Waals surface area contributed by atoms with E-state index in [1.165, 1.54) is 6.08 Å². The molecule has 0 saturated carbocycles. The highest BCUT2D eigenvalue weighted by Gasteiger charge is 2.23. The molecule has 0 fully saturated rings. The fraction of sp³-hybridized carbons (Fsp3) is 0.613. The molecule has 0 amide bonds. The Kier molecular flexibility index (Phi) is 15.9. The molecule has 204 valence electrons. The van der Waals surface area contributed by atoms with Crippen molar-refractivity contribution < 1.29 is 9.53 Å². The number of nitriles is 1. The van der Waals surface area contributed by atoms with Crippen LogP contribution >= 0.6 is 0 Å². The predicted molar refractivity (Wildman–Crippen MR) is 154 cm³/mol. The van der Waals surface area contributed by atoms with Gasteiger partial charge in [-0.05, 0) is 50.0 Å². The largest absolute Gasteiger partial charge is 0.463 e. The molecule has 6 nitrogen and oxygen atoms in total. The lowest BCUT2D eigenvalue weighted by atomic mass is 9.98. The topological polar surface area (TPSA) is 79.1 Å². The lowest BCUT2D eigenvalue weighted by Crippen LogP contribution is -2.33. The maximum atomic E-state index is 12.3. The van der Waals surface area contributed by atoms with Gasteiger partial charge in [0.15, 0.2) is 5.78 Å². The Morgan fingerprint density at radius 2 is 1.92 bits per heavy atom. The molecule has 1 rings (SSSR count). The van der Waals surface area contributed by atoms with Crippen molar-refractivity contribution in [1.29, 1.82) is 5.26 Å². The van der Waals surface area contributed by atoms with Crippen molar-refractivity contribution in [2.24, 2.45) is 17.8 Å². The predicted octanol–water partition coefficient (Wildman–Crippen LogP) is 7.06. The summed E-state index contributed by atoms with van der Waals surface area (Å²) in [4.78, 5) is 24.3. The number of unbranched alkanes of at least 4 members (excludes halogenated alkanes) is 1. The van der Waals surface area contributed by atoms with Gasteiger partial charge in [-0.3, -0.25) is 4.79 Å². The van der Waals surface area contributed by atoms with Gasteiger partial charge in [-0.1, -0.05) is 65.7 Å². The molecular weight excluding hydrogens is 460 g/mol. The number of anilines is 1.